The van der Waals surface area contributed by atoms with Gasteiger partial charge in [-0.1, -0.05) is 46.2 Å². The Bertz CT molecular complexity index is 5210. The summed E-state index contributed by atoms with van der Waals surface area (Å²) in [6, 6.07) is 35.3. The minimum absolute atomic E-state index is 0. The van der Waals surface area contributed by atoms with Crippen molar-refractivity contribution in [3.63, 3.8) is 0 Å². The molecule has 0 bridgehead atoms. The Morgan fingerprint density at radius 3 is 0.824 bits per heavy atom. The van der Waals surface area contributed by atoms with E-state index in [1.54, 1.807) is 24.3 Å². The largest absolute Gasteiger partial charge is 1.00 e. The molecule has 102 heavy (non-hydrogen) atoms. The predicted octanol–water partition coefficient (Wildman–Crippen LogP) is -37.5. The Hall–Kier alpha value is 4.59. The van der Waals surface area contributed by atoms with E-state index in [1.807, 2.05) is 0 Å². The zero-order valence-electron chi connectivity index (χ0n) is 54.5. The summed E-state index contributed by atoms with van der Waals surface area (Å²) in [5, 5.41) is 1.78. The first-order valence-electron chi connectivity index (χ1n) is 21.0. The minimum atomic E-state index is -4.94. The summed E-state index contributed by atoms with van der Waals surface area (Å²) >= 11 is 0. The van der Waals surface area contributed by atoms with Gasteiger partial charge in [-0.25, -0.2) is 58.9 Å². The Morgan fingerprint density at radius 2 is 0.510 bits per heavy atom. The maximum atomic E-state index is 11.4. The average Bonchev–Trinajstić information content (AvgIpc) is 0.767. The summed E-state index contributed by atoms with van der Waals surface area (Å²) in [5.74, 6) is 0. The minimum Gasteiger partial charge on any atom is -0.754 e. The van der Waals surface area contributed by atoms with E-state index in [9.17, 15) is 117 Å². The molecule has 8 aromatic carbocycles. The summed E-state index contributed by atoms with van der Waals surface area (Å²) in [4.78, 5) is -6.24. The van der Waals surface area contributed by atoms with Crippen molar-refractivity contribution in [2.24, 2.45) is 0 Å². The van der Waals surface area contributed by atoms with Crippen molar-refractivity contribution in [3.8, 4) is 0 Å². The van der Waals surface area contributed by atoms with Gasteiger partial charge in [0.15, 0.2) is 0 Å². The van der Waals surface area contributed by atoms with Gasteiger partial charge in [-0.3, -0.25) is 16.8 Å². The molecule has 8 aromatic rings. The van der Waals surface area contributed by atoms with Crippen LogP contribution in [0.4, 0.5) is 0 Å². The van der Waals surface area contributed by atoms with Crippen molar-refractivity contribution in [1.82, 2.24) is 0 Å². The Labute approximate surface area is 854 Å². The van der Waals surface area contributed by atoms with Crippen LogP contribution in [-0.2, 0) is 123 Å². The molecular weight excluding hydrogens is 1740 g/mol. The molecule has 0 atom stereocenters. The number of rotatable bonds is 9. The van der Waals surface area contributed by atoms with Gasteiger partial charge in [0.2, 0.25) is 0 Å². The van der Waals surface area contributed by atoms with E-state index < -0.39 is 162 Å². The molecule has 0 amide bonds. The first-order valence-corrected chi connectivity index (χ1v) is 36.7. The SMILES string of the molecule is O=S(=O)([O-])c1c[c-]cc(S(=O)(=O)[O-])c1.O=S(=O)([O-])c1cc(S(=O)(=O)[O-])c2cc3cc[c-]cc3cc2c1.O=S(=O)([O-])c1cc(S(=O)(=O)[O-])c2cc[c-]cc2c1.O=S(=O)([O-])c1cccc(S(=O)(=O)[O-])c1.O=S(=O)([O-])c1ccccc1.O=S(=O)=O.O=S(=O)=O.O=S(=O)=O.[Na+].[Na+].[Na+].[Na+].[Na+].[Na+].[Na+].[Na+].[Na+].[Na+].[Na+].[Na+]. The van der Waals surface area contributed by atoms with Crippen molar-refractivity contribution >= 4 is 155 Å². The molecule has 60 heteroatoms. The van der Waals surface area contributed by atoms with Gasteiger partial charge in [-0.2, -0.15) is 66.7 Å². The molecule has 0 aromatic heterocycles. The van der Waals surface area contributed by atoms with Gasteiger partial charge in [0, 0.05) is 9.79 Å². The Balaban J connectivity index is -0.0000000940. The van der Waals surface area contributed by atoms with E-state index in [0.29, 0.717) is 35.0 Å². The fraction of sp³-hybridized carbons (Fsp3) is 0. The van der Waals surface area contributed by atoms with E-state index in [4.69, 9.17) is 37.9 Å². The summed E-state index contributed by atoms with van der Waals surface area (Å²) in [6.07, 6.45) is 0. The zero-order valence-corrected chi connectivity index (χ0v) is 88.3. The number of hydrogen-bond donors (Lipinski definition) is 0. The average molecular weight is 1770 g/mol. The van der Waals surface area contributed by atoms with Crippen LogP contribution in [0, 0.1) is 18.2 Å². The van der Waals surface area contributed by atoms with Crippen LogP contribution < -0.4 is 355 Å². The molecule has 0 spiro atoms. The van der Waals surface area contributed by atoms with Crippen LogP contribution in [0.25, 0.3) is 32.3 Å². The van der Waals surface area contributed by atoms with Crippen molar-refractivity contribution in [3.05, 3.63) is 164 Å². The molecule has 0 N–H and O–H groups in total. The van der Waals surface area contributed by atoms with Gasteiger partial charge in [0.25, 0.3) is 0 Å². The van der Waals surface area contributed by atoms with Crippen molar-refractivity contribution in [2.75, 3.05) is 0 Å². The standard InChI is InChI=1S/C14H9O6S2.C10H7O6S2.C6H6O6S2.C6H5O6S2.C6H6O3S.12Na.3O3S/c15-21(16,17)12-6-11-5-9-3-1-2-4-10(9)7-13(11)14(8-12)22(18,19)20;11-17(12,13)8-5-7-3-1-2-4-9(7)10(6-8)18(14,15)16;2*7-13(8,9)5-2-1-3-6(4-5)14(10,11)12;7-10(8,9)6-4-2-1-3-5-6;;;;;;;;;;;;;3*1-4(2)3/h2-8H,(H,15,16,17)(H,18,19,20);2-6H,(H,11,12,13)(H,14,15,16);1-4H,(H,7,8,9)(H,10,11,12);2-4H,(H,7,8,9)(H,10,11,12);1-5H,(H,7,8,9);;;;;;;;;;;;;;;/q2*-1;;-1;;12*+1;;;/p-9. The van der Waals surface area contributed by atoms with Crippen molar-refractivity contribution in [2.45, 2.75) is 44.1 Å². The molecule has 0 heterocycles. The summed E-state index contributed by atoms with van der Waals surface area (Å²) in [5.41, 5.74) is 0. The van der Waals surface area contributed by atoms with Crippen LogP contribution in [0.2, 0.25) is 0 Å². The molecule has 0 aliphatic heterocycles. The fourth-order valence-electron chi connectivity index (χ4n) is 5.91. The quantitative estimate of drug-likeness (QED) is 0.0560. The molecule has 0 saturated heterocycles. The summed E-state index contributed by atoms with van der Waals surface area (Å²) < 4.78 is 366. The maximum absolute atomic E-state index is 11.4. The van der Waals surface area contributed by atoms with Gasteiger partial charge in [-0.05, 0) is 59.3 Å². The van der Waals surface area contributed by atoms with Crippen molar-refractivity contribution in [1.29, 1.82) is 0 Å². The Kier molecular flexibility index (Phi) is 77.2. The fourth-order valence-corrected chi connectivity index (χ4v) is 11.2. The van der Waals surface area contributed by atoms with E-state index >= 15 is 0 Å². The number of benzene rings is 8. The van der Waals surface area contributed by atoms with E-state index in [1.165, 1.54) is 54.6 Å². The predicted molar refractivity (Wildman–Crippen MR) is 282 cm³/mol. The van der Waals surface area contributed by atoms with Gasteiger partial charge in [0.05, 0.1) is 44.7 Å². The molecule has 0 unspecified atom stereocenters. The van der Waals surface area contributed by atoms with Crippen LogP contribution in [0.15, 0.2) is 190 Å². The van der Waals surface area contributed by atoms with Crippen LogP contribution in [0.1, 0.15) is 0 Å². The van der Waals surface area contributed by atoms with Crippen LogP contribution in [-0.4, -0.2) is 155 Å². The second kappa shape index (κ2) is 59.3. The van der Waals surface area contributed by atoms with Crippen LogP contribution >= 0.6 is 0 Å². The zero-order chi connectivity index (χ0) is 70.0. The van der Waals surface area contributed by atoms with Crippen LogP contribution in [0.3, 0.4) is 0 Å². The van der Waals surface area contributed by atoms with E-state index in [0.717, 1.165) is 42.5 Å². The van der Waals surface area contributed by atoms with Gasteiger partial charge >= 0.3 is 387 Å². The van der Waals surface area contributed by atoms with E-state index in [2.05, 4.69) is 18.2 Å². The first kappa shape index (κ1) is 133. The van der Waals surface area contributed by atoms with Crippen molar-refractivity contribution < 1.29 is 509 Å². The third-order valence-corrected chi connectivity index (χ3v) is 16.8. The summed E-state index contributed by atoms with van der Waals surface area (Å²) in [6.45, 7) is 0. The third-order valence-electron chi connectivity index (χ3n) is 9.27. The number of fused-ring (bicyclic) bond motifs is 3. The molecule has 0 radical (unpaired) electrons. The molecule has 36 nitrogen and oxygen atoms in total. The molecule has 8 rings (SSSR count). The molecular formula is C42H24Na12O36S12. The van der Waals surface area contributed by atoms with E-state index in [-0.39, 0.29) is 381 Å². The van der Waals surface area contributed by atoms with Gasteiger partial charge in [0.1, 0.15) is 70.8 Å². The molecule has 0 saturated carbocycles. The molecule has 0 aliphatic rings. The topological polar surface area (TPSA) is 668 Å². The second-order valence-corrected chi connectivity index (χ2v) is 28.8. The number of hydrogen-bond acceptors (Lipinski definition) is 36. The normalized spacial score (nSPS) is 10.3. The van der Waals surface area contributed by atoms with Gasteiger partial charge < -0.3 is 41.0 Å². The Morgan fingerprint density at radius 1 is 0.225 bits per heavy atom. The smallest absolute Gasteiger partial charge is 0.754 e. The maximum Gasteiger partial charge on any atom is 1.00 e. The third kappa shape index (κ3) is 53.7. The first-order chi connectivity index (χ1) is 40.6. The molecule has 0 aliphatic carbocycles. The van der Waals surface area contributed by atoms with Gasteiger partial charge in [-0.15, -0.1) is 71.6 Å². The molecule has 0 fully saturated rings. The summed E-state index contributed by atoms with van der Waals surface area (Å²) in [7, 11) is -52.2. The van der Waals surface area contributed by atoms with Crippen LogP contribution in [0.5, 0.6) is 0 Å². The second-order valence-electron chi connectivity index (χ2n) is 15.2. The molecule has 492 valence electrons. The monoisotopic (exact) mass is 1760 g/mol.